The number of hydrogen-bond donors (Lipinski definition) is 1. The van der Waals surface area contributed by atoms with Gasteiger partial charge in [0, 0.05) is 37.6 Å². The first-order valence-electron chi connectivity index (χ1n) is 10.6. The lowest BCUT2D eigenvalue weighted by Crippen LogP contribution is -2.39. The molecule has 0 saturated carbocycles. The number of ether oxygens (including phenoxy) is 2. The average molecular weight is 471 g/mol. The molecule has 3 aromatic rings. The molecule has 4 rings (SSSR count). The number of nitrogens with one attached hydrogen (secondary N) is 1. The van der Waals surface area contributed by atoms with Crippen molar-refractivity contribution in [3.8, 4) is 17.2 Å². The molecule has 1 aliphatic rings. The fourth-order valence-electron chi connectivity index (χ4n) is 3.49. The molecule has 0 saturated heterocycles. The zero-order valence-corrected chi connectivity index (χ0v) is 19.3. The maximum absolute atomic E-state index is 13.0. The first-order valence-corrected chi connectivity index (χ1v) is 12.0. The summed E-state index contributed by atoms with van der Waals surface area (Å²) in [5, 5.41) is 2.85. The Morgan fingerprint density at radius 1 is 1.15 bits per heavy atom. The summed E-state index contributed by atoms with van der Waals surface area (Å²) in [5.74, 6) is 0.500. The molecule has 1 amide bonds. The van der Waals surface area contributed by atoms with E-state index in [1.54, 1.807) is 18.6 Å². The third kappa shape index (κ3) is 5.18. The van der Waals surface area contributed by atoms with Gasteiger partial charge in [0.25, 0.3) is 0 Å². The van der Waals surface area contributed by atoms with Gasteiger partial charge in [-0.2, -0.15) is 4.31 Å². The van der Waals surface area contributed by atoms with Crippen molar-refractivity contribution in [2.24, 2.45) is 0 Å². The van der Waals surface area contributed by atoms with Crippen molar-refractivity contribution in [3.63, 3.8) is 0 Å². The van der Waals surface area contributed by atoms with Crippen molar-refractivity contribution in [3.05, 3.63) is 66.7 Å². The summed E-state index contributed by atoms with van der Waals surface area (Å²) in [4.78, 5) is 16.6. The highest BCUT2D eigenvalue weighted by molar-refractivity contribution is 7.89. The molecule has 33 heavy (non-hydrogen) atoms. The van der Waals surface area contributed by atoms with Gasteiger partial charge >= 0.3 is 0 Å². The highest BCUT2D eigenvalue weighted by Crippen LogP contribution is 2.32. The Labute approximate surface area is 193 Å². The molecule has 1 N–H and O–H groups in total. The predicted molar refractivity (Wildman–Crippen MR) is 122 cm³/mol. The molecule has 2 heterocycles. The van der Waals surface area contributed by atoms with Gasteiger partial charge < -0.3 is 19.4 Å². The van der Waals surface area contributed by atoms with E-state index >= 15 is 0 Å². The van der Waals surface area contributed by atoms with Crippen LogP contribution in [0.5, 0.6) is 11.5 Å². The molecule has 0 fully saturated rings. The molecule has 2 aromatic carbocycles. The number of sulfonamides is 1. The van der Waals surface area contributed by atoms with Crippen molar-refractivity contribution in [2.75, 3.05) is 26.8 Å². The normalized spacial score (nSPS) is 14.5. The number of imidazole rings is 1. The van der Waals surface area contributed by atoms with E-state index in [0.29, 0.717) is 24.7 Å². The van der Waals surface area contributed by atoms with Crippen LogP contribution in [-0.2, 0) is 14.8 Å². The van der Waals surface area contributed by atoms with Crippen LogP contribution in [0.1, 0.15) is 24.9 Å². The summed E-state index contributed by atoms with van der Waals surface area (Å²) >= 11 is 0. The second-order valence-electron chi connectivity index (χ2n) is 7.77. The lowest BCUT2D eigenvalue weighted by atomic mass is 10.1. The van der Waals surface area contributed by atoms with E-state index in [1.165, 1.54) is 19.2 Å². The molecule has 0 radical (unpaired) electrons. The van der Waals surface area contributed by atoms with E-state index in [0.717, 1.165) is 22.0 Å². The minimum absolute atomic E-state index is 0.0465. The zero-order chi connectivity index (χ0) is 23.4. The number of likely N-dealkylation sites (N-methyl/N-ethyl adjacent to an activating group) is 1. The lowest BCUT2D eigenvalue weighted by Gasteiger charge is -2.20. The average Bonchev–Trinajstić information content (AvgIpc) is 3.24. The van der Waals surface area contributed by atoms with Crippen LogP contribution in [0.3, 0.4) is 0 Å². The number of hydrogen-bond acceptors (Lipinski definition) is 6. The minimum Gasteiger partial charge on any atom is -0.490 e. The standard InChI is InChI=1S/C23H26N4O5S/c1-17(18-4-6-19(7-5-18)27-11-10-24-16-27)25-23(28)15-26(2)33(29,30)20-8-9-21-22(14-20)32-13-3-12-31-21/h4-11,14,16-17H,3,12-13,15H2,1-2H3,(H,25,28)/t17-/m0/s1. The molecule has 0 spiro atoms. The van der Waals surface area contributed by atoms with Crippen LogP contribution in [0, 0.1) is 0 Å². The summed E-state index contributed by atoms with van der Waals surface area (Å²) in [6.45, 7) is 2.51. The third-order valence-electron chi connectivity index (χ3n) is 5.37. The van der Waals surface area contributed by atoms with E-state index in [-0.39, 0.29) is 17.5 Å². The number of carbonyl (C=O) groups is 1. The smallest absolute Gasteiger partial charge is 0.243 e. The van der Waals surface area contributed by atoms with Gasteiger partial charge in [0.1, 0.15) is 0 Å². The van der Waals surface area contributed by atoms with Crippen molar-refractivity contribution < 1.29 is 22.7 Å². The fraction of sp³-hybridized carbons (Fsp3) is 0.304. The van der Waals surface area contributed by atoms with Gasteiger partial charge in [-0.3, -0.25) is 4.79 Å². The highest BCUT2D eigenvalue weighted by atomic mass is 32.2. The fourth-order valence-corrected chi connectivity index (χ4v) is 4.63. The molecule has 174 valence electrons. The Hall–Kier alpha value is -3.37. The molecule has 10 heteroatoms. The number of rotatable bonds is 7. The van der Waals surface area contributed by atoms with Crippen molar-refractivity contribution in [2.45, 2.75) is 24.3 Å². The molecule has 1 atom stereocenters. The molecule has 0 unspecified atom stereocenters. The van der Waals surface area contributed by atoms with Crippen LogP contribution in [0.2, 0.25) is 0 Å². The number of benzene rings is 2. The summed E-state index contributed by atoms with van der Waals surface area (Å²) < 4.78 is 40.0. The minimum atomic E-state index is -3.88. The SMILES string of the molecule is C[C@H](NC(=O)CN(C)S(=O)(=O)c1ccc2c(c1)OCCCO2)c1ccc(-n2ccnc2)cc1. The molecule has 1 aliphatic heterocycles. The lowest BCUT2D eigenvalue weighted by molar-refractivity contribution is -0.121. The van der Waals surface area contributed by atoms with E-state index in [2.05, 4.69) is 10.3 Å². The first-order chi connectivity index (χ1) is 15.8. The predicted octanol–water partition coefficient (Wildman–Crippen LogP) is 2.53. The Morgan fingerprint density at radius 3 is 2.58 bits per heavy atom. The maximum Gasteiger partial charge on any atom is 0.243 e. The Kier molecular flexibility index (Phi) is 6.66. The Morgan fingerprint density at radius 2 is 1.88 bits per heavy atom. The van der Waals surface area contributed by atoms with Crippen LogP contribution >= 0.6 is 0 Å². The largest absolute Gasteiger partial charge is 0.490 e. The van der Waals surface area contributed by atoms with Crippen LogP contribution in [0.15, 0.2) is 66.1 Å². The number of fused-ring (bicyclic) bond motifs is 1. The summed E-state index contributed by atoms with van der Waals surface area (Å²) in [5.41, 5.74) is 1.86. The van der Waals surface area contributed by atoms with Crippen molar-refractivity contribution >= 4 is 15.9 Å². The number of carbonyl (C=O) groups excluding carboxylic acids is 1. The van der Waals surface area contributed by atoms with Gasteiger partial charge in [0.05, 0.1) is 37.0 Å². The molecule has 0 bridgehead atoms. The zero-order valence-electron chi connectivity index (χ0n) is 18.5. The van der Waals surface area contributed by atoms with Crippen LogP contribution in [-0.4, -0.2) is 55.0 Å². The van der Waals surface area contributed by atoms with Crippen LogP contribution in [0.25, 0.3) is 5.69 Å². The second-order valence-corrected chi connectivity index (χ2v) is 9.82. The van der Waals surface area contributed by atoms with Gasteiger partial charge in [-0.15, -0.1) is 0 Å². The van der Waals surface area contributed by atoms with E-state index in [9.17, 15) is 13.2 Å². The summed E-state index contributed by atoms with van der Waals surface area (Å²) in [6.07, 6.45) is 5.98. The maximum atomic E-state index is 13.0. The number of nitrogens with zero attached hydrogens (tertiary/aromatic N) is 3. The van der Waals surface area contributed by atoms with Gasteiger partial charge in [-0.1, -0.05) is 12.1 Å². The monoisotopic (exact) mass is 470 g/mol. The van der Waals surface area contributed by atoms with Gasteiger partial charge in [-0.05, 0) is 36.8 Å². The number of amides is 1. The second kappa shape index (κ2) is 9.63. The van der Waals surface area contributed by atoms with E-state index in [1.807, 2.05) is 42.0 Å². The Bertz CT molecular complexity index is 1210. The molecule has 0 aliphatic carbocycles. The highest BCUT2D eigenvalue weighted by Gasteiger charge is 2.25. The van der Waals surface area contributed by atoms with Crippen LogP contribution in [0.4, 0.5) is 0 Å². The molecular formula is C23H26N4O5S. The third-order valence-corrected chi connectivity index (χ3v) is 7.17. The van der Waals surface area contributed by atoms with Gasteiger partial charge in [0.15, 0.2) is 11.5 Å². The van der Waals surface area contributed by atoms with E-state index < -0.39 is 15.9 Å². The summed E-state index contributed by atoms with van der Waals surface area (Å²) in [7, 11) is -2.50. The number of aromatic nitrogens is 2. The quantitative estimate of drug-likeness (QED) is 0.569. The Balaban J connectivity index is 1.39. The van der Waals surface area contributed by atoms with Crippen LogP contribution < -0.4 is 14.8 Å². The van der Waals surface area contributed by atoms with Gasteiger partial charge in [0.2, 0.25) is 15.9 Å². The first kappa shape index (κ1) is 22.8. The van der Waals surface area contributed by atoms with Crippen molar-refractivity contribution in [1.82, 2.24) is 19.2 Å². The molecule has 9 nitrogen and oxygen atoms in total. The topological polar surface area (TPSA) is 103 Å². The van der Waals surface area contributed by atoms with Gasteiger partial charge in [-0.25, -0.2) is 13.4 Å². The molecular weight excluding hydrogens is 444 g/mol. The summed E-state index contributed by atoms with van der Waals surface area (Å²) in [6, 6.07) is 11.9. The van der Waals surface area contributed by atoms with Crippen molar-refractivity contribution in [1.29, 1.82) is 0 Å². The molecule has 1 aromatic heterocycles. The van der Waals surface area contributed by atoms with E-state index in [4.69, 9.17) is 9.47 Å².